The van der Waals surface area contributed by atoms with Gasteiger partial charge in [0.1, 0.15) is 0 Å². The second-order valence-electron chi connectivity index (χ2n) is 2.77. The van der Waals surface area contributed by atoms with Crippen molar-refractivity contribution in [3.8, 4) is 0 Å². The summed E-state index contributed by atoms with van der Waals surface area (Å²) in [6.45, 7) is 3.70. The first kappa shape index (κ1) is 7.95. The molecule has 0 radical (unpaired) electrons. The van der Waals surface area contributed by atoms with E-state index in [0.717, 1.165) is 4.88 Å². The van der Waals surface area contributed by atoms with Crippen LogP contribution in [0.3, 0.4) is 0 Å². The van der Waals surface area contributed by atoms with Gasteiger partial charge in [0.05, 0.1) is 8.89 Å². The van der Waals surface area contributed by atoms with Crippen LogP contribution in [0.1, 0.15) is 21.5 Å². The lowest BCUT2D eigenvalue weighted by Gasteiger charge is -1.82. The predicted octanol–water partition coefficient (Wildman–Crippen LogP) is 3.47. The van der Waals surface area contributed by atoms with Gasteiger partial charge in [-0.05, 0) is 26.0 Å². The third-order valence-electron chi connectivity index (χ3n) is 1.68. The summed E-state index contributed by atoms with van der Waals surface area (Å²) in [5.74, 6) is 0.168. The van der Waals surface area contributed by atoms with E-state index in [9.17, 15) is 4.79 Å². The standard InChI is InChI=1S/C9H8OS2/c1-5-3-7-4-8(6(2)10)12-9(7)11-5/h3-4H,1-2H3. The molecular formula is C9H8OS2. The van der Waals surface area contributed by atoms with Crippen molar-refractivity contribution in [1.29, 1.82) is 0 Å². The SMILES string of the molecule is CC(=O)c1cc2cc(C)sc2s1. The van der Waals surface area contributed by atoms with Gasteiger partial charge >= 0.3 is 0 Å². The zero-order chi connectivity index (χ0) is 8.72. The molecule has 2 rings (SSSR count). The third-order valence-corrected chi connectivity index (χ3v) is 4.09. The average Bonchev–Trinajstić information content (AvgIpc) is 2.42. The van der Waals surface area contributed by atoms with Crippen LogP contribution in [0.25, 0.3) is 9.40 Å². The van der Waals surface area contributed by atoms with E-state index in [1.165, 1.54) is 14.3 Å². The first-order valence-corrected chi connectivity index (χ1v) is 5.31. The summed E-state index contributed by atoms with van der Waals surface area (Å²) in [6.07, 6.45) is 0. The number of Topliss-reactive ketones (excluding diaryl/α,β-unsaturated/α-hetero) is 1. The Balaban J connectivity index is 2.64. The monoisotopic (exact) mass is 196 g/mol. The Kier molecular flexibility index (Phi) is 1.77. The molecule has 0 aliphatic heterocycles. The Morgan fingerprint density at radius 1 is 1.33 bits per heavy atom. The Hall–Kier alpha value is -0.670. The van der Waals surface area contributed by atoms with Gasteiger partial charge in [-0.2, -0.15) is 0 Å². The fourth-order valence-corrected chi connectivity index (χ4v) is 3.45. The first-order valence-electron chi connectivity index (χ1n) is 3.68. The van der Waals surface area contributed by atoms with Gasteiger partial charge in [0.25, 0.3) is 0 Å². The van der Waals surface area contributed by atoms with E-state index in [1.54, 1.807) is 29.6 Å². The molecule has 0 atom stereocenters. The molecule has 0 saturated heterocycles. The molecule has 0 amide bonds. The summed E-state index contributed by atoms with van der Waals surface area (Å²) >= 11 is 3.35. The number of carbonyl (C=O) groups is 1. The molecule has 62 valence electrons. The average molecular weight is 196 g/mol. The fraction of sp³-hybridized carbons (Fsp3) is 0.222. The Morgan fingerprint density at radius 2 is 2.08 bits per heavy atom. The number of carbonyl (C=O) groups excluding carboxylic acids is 1. The molecule has 1 nitrogen and oxygen atoms in total. The van der Waals surface area contributed by atoms with E-state index in [-0.39, 0.29) is 5.78 Å². The summed E-state index contributed by atoms with van der Waals surface area (Å²) in [5.41, 5.74) is 0. The lowest BCUT2D eigenvalue weighted by molar-refractivity contribution is 0.102. The lowest BCUT2D eigenvalue weighted by Crippen LogP contribution is -1.83. The van der Waals surface area contributed by atoms with Crippen molar-refractivity contribution in [2.24, 2.45) is 0 Å². The van der Waals surface area contributed by atoms with Crippen LogP contribution in [0.15, 0.2) is 12.1 Å². The topological polar surface area (TPSA) is 17.1 Å². The molecule has 0 fully saturated rings. The zero-order valence-electron chi connectivity index (χ0n) is 6.88. The highest BCUT2D eigenvalue weighted by molar-refractivity contribution is 7.39. The number of hydrogen-bond acceptors (Lipinski definition) is 3. The molecule has 0 aliphatic carbocycles. The van der Waals surface area contributed by atoms with Crippen molar-refractivity contribution in [3.05, 3.63) is 21.9 Å². The van der Waals surface area contributed by atoms with Crippen LogP contribution >= 0.6 is 22.7 Å². The van der Waals surface area contributed by atoms with Gasteiger partial charge in [-0.1, -0.05) is 0 Å². The van der Waals surface area contributed by atoms with Gasteiger partial charge in [0, 0.05) is 10.3 Å². The minimum absolute atomic E-state index is 0.168. The molecule has 0 aliphatic rings. The third kappa shape index (κ3) is 1.19. The number of aryl methyl sites for hydroxylation is 1. The van der Waals surface area contributed by atoms with Gasteiger partial charge in [-0.25, -0.2) is 0 Å². The first-order chi connectivity index (χ1) is 5.66. The van der Waals surface area contributed by atoms with E-state index >= 15 is 0 Å². The molecule has 2 aromatic rings. The maximum absolute atomic E-state index is 11.0. The Labute approximate surface area is 78.7 Å². The smallest absolute Gasteiger partial charge is 0.169 e. The molecule has 0 saturated carbocycles. The van der Waals surface area contributed by atoms with Crippen molar-refractivity contribution >= 4 is 37.9 Å². The highest BCUT2D eigenvalue weighted by Gasteiger charge is 2.07. The normalized spacial score (nSPS) is 10.8. The molecule has 12 heavy (non-hydrogen) atoms. The number of fused-ring (bicyclic) bond motifs is 1. The number of thiophene rings is 2. The van der Waals surface area contributed by atoms with Crippen molar-refractivity contribution < 1.29 is 4.79 Å². The molecule has 3 heteroatoms. The van der Waals surface area contributed by atoms with Crippen molar-refractivity contribution in [2.45, 2.75) is 13.8 Å². The Bertz CT molecular complexity index is 405. The largest absolute Gasteiger partial charge is 0.294 e. The molecule has 2 heterocycles. The van der Waals surface area contributed by atoms with Crippen LogP contribution in [0.5, 0.6) is 0 Å². The highest BCUT2D eigenvalue weighted by atomic mass is 32.2. The summed E-state index contributed by atoms with van der Waals surface area (Å²) in [7, 11) is 0. The summed E-state index contributed by atoms with van der Waals surface area (Å²) in [6, 6.07) is 4.11. The van der Waals surface area contributed by atoms with E-state index in [1.807, 2.05) is 6.07 Å². The van der Waals surface area contributed by atoms with Crippen LogP contribution in [0.2, 0.25) is 0 Å². The number of ketones is 1. The van der Waals surface area contributed by atoms with Crippen LogP contribution in [-0.4, -0.2) is 5.78 Å². The highest BCUT2D eigenvalue weighted by Crippen LogP contribution is 2.33. The molecule has 0 spiro atoms. The summed E-state index contributed by atoms with van der Waals surface area (Å²) < 4.78 is 1.26. The molecule has 0 bridgehead atoms. The quantitative estimate of drug-likeness (QED) is 0.638. The summed E-state index contributed by atoms with van der Waals surface area (Å²) in [4.78, 5) is 13.2. The minimum Gasteiger partial charge on any atom is -0.294 e. The van der Waals surface area contributed by atoms with E-state index in [2.05, 4.69) is 13.0 Å². The lowest BCUT2D eigenvalue weighted by atomic mass is 10.3. The van der Waals surface area contributed by atoms with Gasteiger partial charge in [-0.3, -0.25) is 4.79 Å². The number of hydrogen-bond donors (Lipinski definition) is 0. The second kappa shape index (κ2) is 2.68. The molecule has 0 N–H and O–H groups in total. The summed E-state index contributed by atoms with van der Waals surface area (Å²) in [5, 5.41) is 1.22. The fourth-order valence-electron chi connectivity index (χ4n) is 1.14. The minimum atomic E-state index is 0.168. The van der Waals surface area contributed by atoms with Crippen LogP contribution in [0, 0.1) is 6.92 Å². The van der Waals surface area contributed by atoms with E-state index in [4.69, 9.17) is 0 Å². The van der Waals surface area contributed by atoms with Crippen molar-refractivity contribution in [1.82, 2.24) is 0 Å². The Morgan fingerprint density at radius 3 is 2.67 bits per heavy atom. The maximum atomic E-state index is 11.0. The van der Waals surface area contributed by atoms with Crippen molar-refractivity contribution in [2.75, 3.05) is 0 Å². The van der Waals surface area contributed by atoms with Crippen LogP contribution < -0.4 is 0 Å². The molecular weight excluding hydrogens is 188 g/mol. The van der Waals surface area contributed by atoms with Gasteiger partial charge in [0.2, 0.25) is 0 Å². The molecule has 0 unspecified atom stereocenters. The molecule has 2 aromatic heterocycles. The molecule has 0 aromatic carbocycles. The van der Waals surface area contributed by atoms with Crippen LogP contribution in [-0.2, 0) is 0 Å². The van der Waals surface area contributed by atoms with Gasteiger partial charge in [0.15, 0.2) is 5.78 Å². The van der Waals surface area contributed by atoms with Crippen molar-refractivity contribution in [3.63, 3.8) is 0 Å². The van der Waals surface area contributed by atoms with Gasteiger partial charge < -0.3 is 0 Å². The number of rotatable bonds is 1. The second-order valence-corrected chi connectivity index (χ2v) is 5.33. The zero-order valence-corrected chi connectivity index (χ0v) is 8.51. The predicted molar refractivity (Wildman–Crippen MR) is 54.4 cm³/mol. The van der Waals surface area contributed by atoms with E-state index < -0.39 is 0 Å². The van der Waals surface area contributed by atoms with E-state index in [0.29, 0.717) is 0 Å². The van der Waals surface area contributed by atoms with Gasteiger partial charge in [-0.15, -0.1) is 22.7 Å². The maximum Gasteiger partial charge on any atom is 0.169 e. The van der Waals surface area contributed by atoms with Crippen LogP contribution in [0.4, 0.5) is 0 Å².